The fourth-order valence-corrected chi connectivity index (χ4v) is 2.82. The summed E-state index contributed by atoms with van der Waals surface area (Å²) in [6.07, 6.45) is 6.82. The Hall–Kier alpha value is -1.02. The van der Waals surface area contributed by atoms with E-state index in [0.717, 1.165) is 24.8 Å². The lowest BCUT2D eigenvalue weighted by molar-refractivity contribution is 0.340. The van der Waals surface area contributed by atoms with Crippen molar-refractivity contribution in [1.82, 2.24) is 5.32 Å². The summed E-state index contributed by atoms with van der Waals surface area (Å²) in [5, 5.41) is 3.71. The molecule has 106 valence electrons. The maximum atomic E-state index is 5.46. The van der Waals surface area contributed by atoms with Gasteiger partial charge in [-0.05, 0) is 49.8 Å². The topological polar surface area (TPSA) is 21.3 Å². The van der Waals surface area contributed by atoms with Crippen molar-refractivity contribution in [3.63, 3.8) is 0 Å². The molecule has 19 heavy (non-hydrogen) atoms. The van der Waals surface area contributed by atoms with E-state index in [9.17, 15) is 0 Å². The van der Waals surface area contributed by atoms with Crippen molar-refractivity contribution < 1.29 is 4.74 Å². The van der Waals surface area contributed by atoms with Gasteiger partial charge in [-0.15, -0.1) is 0 Å². The number of ether oxygens (including phenoxy) is 1. The Kier molecular flexibility index (Phi) is 5.71. The molecule has 2 atom stereocenters. The first-order chi connectivity index (χ1) is 9.28. The normalized spacial score (nSPS) is 23.9. The van der Waals surface area contributed by atoms with Gasteiger partial charge in [0.25, 0.3) is 0 Å². The lowest BCUT2D eigenvalue weighted by atomic mass is 10.0. The molecule has 1 N–H and O–H groups in total. The Morgan fingerprint density at radius 3 is 2.63 bits per heavy atom. The smallest absolute Gasteiger partial charge is 0.119 e. The first kappa shape index (κ1) is 14.4. The standard InChI is InChI=1S/C17H27NO/c1-3-19-17-11-8-15(9-12-17)13-18-16-6-4-5-14(2)7-10-16/h8-9,11-12,14,16,18H,3-7,10,13H2,1-2H3. The highest BCUT2D eigenvalue weighted by molar-refractivity contribution is 5.27. The summed E-state index contributed by atoms with van der Waals surface area (Å²) in [6.45, 7) is 6.11. The second kappa shape index (κ2) is 7.54. The van der Waals surface area contributed by atoms with Crippen molar-refractivity contribution in [3.05, 3.63) is 29.8 Å². The molecule has 0 spiro atoms. The molecule has 1 aliphatic carbocycles. The molecule has 0 saturated heterocycles. The summed E-state index contributed by atoms with van der Waals surface area (Å²) in [4.78, 5) is 0. The van der Waals surface area contributed by atoms with Gasteiger partial charge in [-0.3, -0.25) is 0 Å². The highest BCUT2D eigenvalue weighted by Crippen LogP contribution is 2.23. The third-order valence-corrected chi connectivity index (χ3v) is 4.09. The molecule has 1 aliphatic rings. The van der Waals surface area contributed by atoms with E-state index in [1.807, 2.05) is 6.92 Å². The zero-order valence-electron chi connectivity index (χ0n) is 12.3. The fraction of sp³-hybridized carbons (Fsp3) is 0.647. The third kappa shape index (κ3) is 4.87. The third-order valence-electron chi connectivity index (χ3n) is 4.09. The Bertz CT molecular complexity index is 360. The molecule has 1 saturated carbocycles. The summed E-state index contributed by atoms with van der Waals surface area (Å²) >= 11 is 0. The number of nitrogens with one attached hydrogen (secondary N) is 1. The Balaban J connectivity index is 1.78. The molecule has 0 aliphatic heterocycles. The molecule has 2 heteroatoms. The molecule has 0 heterocycles. The molecule has 0 bridgehead atoms. The second-order valence-corrected chi connectivity index (χ2v) is 5.77. The van der Waals surface area contributed by atoms with E-state index < -0.39 is 0 Å². The zero-order valence-corrected chi connectivity index (χ0v) is 12.3. The largest absolute Gasteiger partial charge is 0.494 e. The number of hydrogen-bond donors (Lipinski definition) is 1. The van der Waals surface area contributed by atoms with Gasteiger partial charge in [-0.25, -0.2) is 0 Å². The molecular formula is C17H27NO. The van der Waals surface area contributed by atoms with E-state index >= 15 is 0 Å². The monoisotopic (exact) mass is 261 g/mol. The first-order valence-corrected chi connectivity index (χ1v) is 7.73. The predicted octanol–water partition coefficient (Wildman–Crippen LogP) is 4.14. The van der Waals surface area contributed by atoms with Crippen LogP contribution in [0.15, 0.2) is 24.3 Å². The van der Waals surface area contributed by atoms with Crippen LogP contribution < -0.4 is 10.1 Å². The van der Waals surface area contributed by atoms with Gasteiger partial charge in [0.05, 0.1) is 6.61 Å². The van der Waals surface area contributed by atoms with Crippen LogP contribution in [0.5, 0.6) is 5.75 Å². The predicted molar refractivity (Wildman–Crippen MR) is 80.5 cm³/mol. The highest BCUT2D eigenvalue weighted by Gasteiger charge is 2.15. The van der Waals surface area contributed by atoms with Crippen LogP contribution in [0.2, 0.25) is 0 Å². The Labute approximate surface area is 117 Å². The molecule has 1 aromatic rings. The molecule has 1 aromatic carbocycles. The van der Waals surface area contributed by atoms with Crippen LogP contribution in [0.25, 0.3) is 0 Å². The van der Waals surface area contributed by atoms with Crippen LogP contribution in [0.1, 0.15) is 51.5 Å². The van der Waals surface area contributed by atoms with Crippen LogP contribution in [0, 0.1) is 5.92 Å². The summed E-state index contributed by atoms with van der Waals surface area (Å²) < 4.78 is 5.46. The zero-order chi connectivity index (χ0) is 13.5. The van der Waals surface area contributed by atoms with Crippen LogP contribution in [-0.2, 0) is 6.54 Å². The van der Waals surface area contributed by atoms with Gasteiger partial charge in [-0.2, -0.15) is 0 Å². The minimum Gasteiger partial charge on any atom is -0.494 e. The summed E-state index contributed by atoms with van der Waals surface area (Å²) in [6, 6.07) is 9.16. The Morgan fingerprint density at radius 2 is 1.89 bits per heavy atom. The minimum absolute atomic E-state index is 0.705. The highest BCUT2D eigenvalue weighted by atomic mass is 16.5. The van der Waals surface area contributed by atoms with E-state index in [-0.39, 0.29) is 0 Å². The van der Waals surface area contributed by atoms with Crippen molar-refractivity contribution in [2.24, 2.45) is 5.92 Å². The van der Waals surface area contributed by atoms with Crippen LogP contribution in [-0.4, -0.2) is 12.6 Å². The maximum Gasteiger partial charge on any atom is 0.119 e. The van der Waals surface area contributed by atoms with E-state index in [4.69, 9.17) is 4.74 Å². The number of rotatable bonds is 5. The number of hydrogen-bond acceptors (Lipinski definition) is 2. The molecule has 2 nitrogen and oxygen atoms in total. The molecule has 0 radical (unpaired) electrons. The van der Waals surface area contributed by atoms with Gasteiger partial charge in [-0.1, -0.05) is 31.9 Å². The van der Waals surface area contributed by atoms with Crippen LogP contribution in [0.4, 0.5) is 0 Å². The van der Waals surface area contributed by atoms with Crippen LogP contribution in [0.3, 0.4) is 0 Å². The molecule has 2 unspecified atom stereocenters. The average molecular weight is 261 g/mol. The van der Waals surface area contributed by atoms with E-state index in [1.54, 1.807) is 0 Å². The van der Waals surface area contributed by atoms with Gasteiger partial charge in [0.2, 0.25) is 0 Å². The molecular weight excluding hydrogens is 234 g/mol. The molecule has 0 amide bonds. The molecule has 0 aromatic heterocycles. The summed E-state index contributed by atoms with van der Waals surface area (Å²) in [7, 11) is 0. The van der Waals surface area contributed by atoms with Gasteiger partial charge in [0.15, 0.2) is 0 Å². The first-order valence-electron chi connectivity index (χ1n) is 7.73. The van der Waals surface area contributed by atoms with E-state index in [0.29, 0.717) is 6.04 Å². The van der Waals surface area contributed by atoms with Gasteiger partial charge >= 0.3 is 0 Å². The van der Waals surface area contributed by atoms with E-state index in [2.05, 4.69) is 36.5 Å². The number of benzene rings is 1. The van der Waals surface area contributed by atoms with Gasteiger partial charge in [0.1, 0.15) is 5.75 Å². The fourth-order valence-electron chi connectivity index (χ4n) is 2.82. The van der Waals surface area contributed by atoms with Gasteiger partial charge in [0, 0.05) is 12.6 Å². The van der Waals surface area contributed by atoms with Crippen molar-refractivity contribution in [2.75, 3.05) is 6.61 Å². The second-order valence-electron chi connectivity index (χ2n) is 5.77. The average Bonchev–Trinajstić information content (AvgIpc) is 2.63. The summed E-state index contributed by atoms with van der Waals surface area (Å²) in [5.41, 5.74) is 1.35. The van der Waals surface area contributed by atoms with Crippen molar-refractivity contribution >= 4 is 0 Å². The lowest BCUT2D eigenvalue weighted by Gasteiger charge is -2.16. The van der Waals surface area contributed by atoms with Crippen molar-refractivity contribution in [2.45, 2.75) is 58.5 Å². The maximum absolute atomic E-state index is 5.46. The van der Waals surface area contributed by atoms with Crippen molar-refractivity contribution in [3.8, 4) is 5.75 Å². The van der Waals surface area contributed by atoms with Gasteiger partial charge < -0.3 is 10.1 Å². The minimum atomic E-state index is 0.705. The Morgan fingerprint density at radius 1 is 1.11 bits per heavy atom. The van der Waals surface area contributed by atoms with Crippen molar-refractivity contribution in [1.29, 1.82) is 0 Å². The summed E-state index contributed by atoms with van der Waals surface area (Å²) in [5.74, 6) is 1.88. The van der Waals surface area contributed by atoms with Crippen LogP contribution >= 0.6 is 0 Å². The SMILES string of the molecule is CCOc1ccc(CNC2CCCC(C)CC2)cc1. The lowest BCUT2D eigenvalue weighted by Crippen LogP contribution is -2.27. The molecule has 1 fully saturated rings. The quantitative estimate of drug-likeness (QED) is 0.804. The van der Waals surface area contributed by atoms with E-state index in [1.165, 1.54) is 37.7 Å². The molecule has 2 rings (SSSR count).